The fourth-order valence-corrected chi connectivity index (χ4v) is 9.36. The summed E-state index contributed by atoms with van der Waals surface area (Å²) < 4.78 is 4.36. The van der Waals surface area contributed by atoms with Gasteiger partial charge in [0, 0.05) is 0 Å². The minimum absolute atomic E-state index is 0.194. The van der Waals surface area contributed by atoms with Gasteiger partial charge < -0.3 is 0 Å². The number of nitrogens with zero attached hydrogens (tertiary/aromatic N) is 5. The number of aryl methyl sites for hydroxylation is 2. The van der Waals surface area contributed by atoms with E-state index in [-0.39, 0.29) is 5.91 Å². The summed E-state index contributed by atoms with van der Waals surface area (Å²) in [6.45, 7) is 3.05. The maximum atomic E-state index is 12.9. The number of likely N-dealkylation sites (N-methyl/N-ethyl adjacent to an activating group) is 1. The number of hydrogen-bond donors (Lipinski definition) is 1. The molecule has 5 rings (SSSR count). The minimum atomic E-state index is -1.08. The van der Waals surface area contributed by atoms with Crippen LogP contribution in [-0.2, 0) is 7.05 Å². The number of pyridine rings is 1. The monoisotopic (exact) mass is 518 g/mol. The van der Waals surface area contributed by atoms with E-state index in [1.807, 2.05) is 38.2 Å². The van der Waals surface area contributed by atoms with Crippen molar-refractivity contribution in [2.45, 2.75) is 25.8 Å². The molecule has 4 heterocycles. The molecule has 0 unspecified atom stereocenters. The van der Waals surface area contributed by atoms with Crippen LogP contribution in [0, 0.1) is 18.3 Å². The molecular weight excluding hydrogens is 495 g/mol. The maximum absolute atomic E-state index is 12.9. The van der Waals surface area contributed by atoms with E-state index >= 15 is 0 Å². The molecule has 1 N–H and O–H groups in total. The van der Waals surface area contributed by atoms with Gasteiger partial charge in [0.15, 0.2) is 0 Å². The van der Waals surface area contributed by atoms with Crippen LogP contribution in [0.25, 0.3) is 16.5 Å². The molecule has 1 aromatic carbocycles. The molecule has 31 heavy (non-hydrogen) atoms. The molecule has 2 aliphatic heterocycles. The summed E-state index contributed by atoms with van der Waals surface area (Å²) in [4.78, 5) is 19.7. The van der Waals surface area contributed by atoms with E-state index in [4.69, 9.17) is 0 Å². The van der Waals surface area contributed by atoms with Crippen LogP contribution in [-0.4, -0.2) is 66.3 Å². The van der Waals surface area contributed by atoms with Gasteiger partial charge in [-0.2, -0.15) is 0 Å². The zero-order valence-corrected chi connectivity index (χ0v) is 20.6. The van der Waals surface area contributed by atoms with Crippen LogP contribution in [0.5, 0.6) is 0 Å². The molecule has 0 aliphatic carbocycles. The molecule has 0 spiro atoms. The summed E-state index contributed by atoms with van der Waals surface area (Å²) in [6.07, 6.45) is 4.07. The molecule has 154 valence electrons. The number of rotatable bonds is 3. The van der Waals surface area contributed by atoms with Gasteiger partial charge in [-0.25, -0.2) is 0 Å². The predicted molar refractivity (Wildman–Crippen MR) is 121 cm³/mol. The first-order valence-corrected chi connectivity index (χ1v) is 13.2. The third kappa shape index (κ3) is 3.44. The second kappa shape index (κ2) is 7.77. The Morgan fingerprint density at radius 1 is 1.32 bits per heavy atom. The number of anilines is 1. The van der Waals surface area contributed by atoms with E-state index < -0.39 is 21.1 Å². The summed E-state index contributed by atoms with van der Waals surface area (Å²) in [5, 5.41) is 18.2. The summed E-state index contributed by atoms with van der Waals surface area (Å²) in [6, 6.07) is 10.4. The fraction of sp³-hybridized carbons (Fsp3) is 0.304. The molecule has 3 aromatic rings. The zero-order valence-electron chi connectivity index (χ0n) is 17.7. The van der Waals surface area contributed by atoms with Crippen molar-refractivity contribution < 1.29 is 4.79 Å². The zero-order chi connectivity index (χ0) is 21.7. The van der Waals surface area contributed by atoms with Crippen LogP contribution >= 0.6 is 0 Å². The Hall–Kier alpha value is -2.70. The van der Waals surface area contributed by atoms with E-state index in [1.165, 1.54) is 13.6 Å². The van der Waals surface area contributed by atoms with Crippen molar-refractivity contribution in [2.24, 2.45) is 7.05 Å². The Morgan fingerprint density at radius 2 is 2.16 bits per heavy atom. The number of carbonyl (C=O) groups is 1. The second-order valence-electron chi connectivity index (χ2n) is 8.17. The number of aromatic nitrogens is 3. The topological polar surface area (TPSA) is 86.8 Å². The van der Waals surface area contributed by atoms with Gasteiger partial charge in [0.25, 0.3) is 0 Å². The van der Waals surface area contributed by atoms with Crippen LogP contribution in [0.1, 0.15) is 34.5 Å². The normalized spacial score (nSPS) is 18.5. The summed E-state index contributed by atoms with van der Waals surface area (Å²) in [5.41, 5.74) is 4.23. The molecule has 0 saturated carbocycles. The first-order valence-electron chi connectivity index (χ1n) is 10.3. The van der Waals surface area contributed by atoms with Crippen molar-refractivity contribution in [1.82, 2.24) is 19.7 Å². The number of nitrogens with one attached hydrogen (secondary N) is 1. The van der Waals surface area contributed by atoms with Gasteiger partial charge in [0.2, 0.25) is 0 Å². The van der Waals surface area contributed by atoms with Gasteiger partial charge in [0.1, 0.15) is 0 Å². The van der Waals surface area contributed by atoms with Crippen LogP contribution < -0.4 is 8.90 Å². The van der Waals surface area contributed by atoms with Gasteiger partial charge in [-0.15, -0.1) is 0 Å². The molecule has 1 saturated heterocycles. The second-order valence-corrected chi connectivity index (χ2v) is 12.0. The number of hydrogen-bond acceptors (Lipinski definition) is 5. The SMILES string of the molecule is Cc1nn(C)c2cc(C(=O)Nc3c[c]4c(cn3)C(C#N)=[C]([C@H]3CCCN3C)[Sn]4)ccc12. The van der Waals surface area contributed by atoms with Crippen LogP contribution in [0.4, 0.5) is 5.82 Å². The van der Waals surface area contributed by atoms with Crippen LogP contribution in [0.15, 0.2) is 34.1 Å². The third-order valence-corrected chi connectivity index (χ3v) is 10.6. The number of allylic oxidation sites excluding steroid dienone is 1. The summed E-state index contributed by atoms with van der Waals surface area (Å²) in [7, 11) is 4.02. The van der Waals surface area contributed by atoms with E-state index in [0.29, 0.717) is 17.4 Å². The molecule has 1 atom stereocenters. The third-order valence-electron chi connectivity index (χ3n) is 6.22. The van der Waals surface area contributed by atoms with E-state index in [9.17, 15) is 10.1 Å². The standard InChI is InChI=1S/C23H22N6O.Sn/c1-15-20-8-6-16(12-21(20)29(3)27-15)23(30)26-22-9-7-17(14-25-22)18(13-24)11-19-5-4-10-28(19)2;/h6,8-9,12,14,19H,4-5,10H2,1-3H3,(H,25,26,30);/t19-;/m1./s1. The van der Waals surface area contributed by atoms with Crippen LogP contribution in [0.3, 0.4) is 0 Å². The first-order chi connectivity index (χ1) is 15.0. The Kier molecular flexibility index (Phi) is 5.07. The number of carbonyl (C=O) groups excluding carboxylic acids is 1. The van der Waals surface area contributed by atoms with Gasteiger partial charge in [-0.05, 0) is 0 Å². The average molecular weight is 517 g/mol. The fourth-order valence-electron chi connectivity index (χ4n) is 4.59. The van der Waals surface area contributed by atoms with Gasteiger partial charge >= 0.3 is 191 Å². The Labute approximate surface area is 191 Å². The molecule has 1 amide bonds. The predicted octanol–water partition coefficient (Wildman–Crippen LogP) is 2.20. The summed E-state index contributed by atoms with van der Waals surface area (Å²) >= 11 is -1.08. The Morgan fingerprint density at radius 3 is 2.90 bits per heavy atom. The van der Waals surface area contributed by atoms with Crippen molar-refractivity contribution in [3.05, 3.63) is 50.9 Å². The van der Waals surface area contributed by atoms with Gasteiger partial charge in [-0.1, -0.05) is 0 Å². The Balaban J connectivity index is 1.39. The van der Waals surface area contributed by atoms with Crippen molar-refractivity contribution in [2.75, 3.05) is 18.9 Å². The van der Waals surface area contributed by atoms with Crippen molar-refractivity contribution in [3.8, 4) is 6.07 Å². The van der Waals surface area contributed by atoms with Gasteiger partial charge in [0.05, 0.1) is 0 Å². The van der Waals surface area contributed by atoms with E-state index in [1.54, 1.807) is 10.9 Å². The van der Waals surface area contributed by atoms with Crippen molar-refractivity contribution >= 4 is 52.9 Å². The Bertz CT molecular complexity index is 1300. The molecule has 7 nitrogen and oxygen atoms in total. The molecule has 2 radical (unpaired) electrons. The molecule has 2 aliphatic rings. The molecule has 2 aromatic heterocycles. The molecule has 0 bridgehead atoms. The number of likely N-dealkylation sites (tertiary alicyclic amines) is 1. The molecular formula is C23H22N6OSn. The summed E-state index contributed by atoms with van der Waals surface area (Å²) in [5.74, 6) is 0.352. The number of benzene rings is 1. The quantitative estimate of drug-likeness (QED) is 0.539. The van der Waals surface area contributed by atoms with E-state index in [0.717, 1.165) is 40.7 Å². The molecule has 8 heteroatoms. The van der Waals surface area contributed by atoms with Gasteiger partial charge in [-0.3, -0.25) is 0 Å². The first kappa shape index (κ1) is 20.2. The number of amides is 1. The van der Waals surface area contributed by atoms with Crippen molar-refractivity contribution in [3.63, 3.8) is 0 Å². The average Bonchev–Trinajstić information content (AvgIpc) is 3.42. The van der Waals surface area contributed by atoms with Crippen molar-refractivity contribution in [1.29, 1.82) is 5.26 Å². The number of fused-ring (bicyclic) bond motifs is 2. The molecule has 1 fully saturated rings. The van der Waals surface area contributed by atoms with Crippen LogP contribution in [0.2, 0.25) is 0 Å². The van der Waals surface area contributed by atoms with E-state index in [2.05, 4.69) is 33.4 Å². The number of nitriles is 1.